The summed E-state index contributed by atoms with van der Waals surface area (Å²) in [5.74, 6) is 0.161. The van der Waals surface area contributed by atoms with Crippen molar-refractivity contribution in [2.24, 2.45) is 0 Å². The molecule has 2 aromatic rings. The van der Waals surface area contributed by atoms with Gasteiger partial charge in [0.05, 0.1) is 19.1 Å². The molecule has 2 aromatic carbocycles. The minimum absolute atomic E-state index is 0.0538. The molecule has 30 heavy (non-hydrogen) atoms. The van der Waals surface area contributed by atoms with Gasteiger partial charge in [-0.3, -0.25) is 9.59 Å². The zero-order chi connectivity index (χ0) is 20.8. The van der Waals surface area contributed by atoms with E-state index in [0.717, 1.165) is 31.2 Å². The average Bonchev–Trinajstić information content (AvgIpc) is 3.29. The van der Waals surface area contributed by atoms with E-state index in [9.17, 15) is 9.59 Å². The number of carbonyl (C=O) groups is 2. The van der Waals surface area contributed by atoms with Gasteiger partial charge in [-0.15, -0.1) is 0 Å². The van der Waals surface area contributed by atoms with Crippen LogP contribution in [0.15, 0.2) is 60.7 Å². The third-order valence-electron chi connectivity index (χ3n) is 6.14. The Morgan fingerprint density at radius 2 is 1.47 bits per heavy atom. The summed E-state index contributed by atoms with van der Waals surface area (Å²) < 4.78 is 6.05. The molecule has 158 valence electrons. The van der Waals surface area contributed by atoms with Gasteiger partial charge in [0.2, 0.25) is 11.8 Å². The number of ether oxygens (including phenoxy) is 1. The van der Waals surface area contributed by atoms with Gasteiger partial charge < -0.3 is 14.5 Å². The van der Waals surface area contributed by atoms with Crippen LogP contribution in [0.5, 0.6) is 0 Å². The summed E-state index contributed by atoms with van der Waals surface area (Å²) in [4.78, 5) is 29.7. The zero-order valence-electron chi connectivity index (χ0n) is 17.4. The number of amides is 2. The van der Waals surface area contributed by atoms with Crippen LogP contribution in [0.4, 0.5) is 0 Å². The van der Waals surface area contributed by atoms with Crippen molar-refractivity contribution in [2.75, 3.05) is 19.6 Å². The first-order chi connectivity index (χ1) is 14.7. The summed E-state index contributed by atoms with van der Waals surface area (Å²) in [6.07, 6.45) is 3.91. The predicted octanol–water partition coefficient (Wildman–Crippen LogP) is 3.43. The van der Waals surface area contributed by atoms with Crippen molar-refractivity contribution in [3.05, 3.63) is 71.8 Å². The van der Waals surface area contributed by atoms with Crippen LogP contribution in [0.25, 0.3) is 0 Å². The first-order valence-corrected chi connectivity index (χ1v) is 11.0. The Labute approximate surface area is 178 Å². The molecule has 0 spiro atoms. The molecule has 2 fully saturated rings. The number of likely N-dealkylation sites (tertiary alicyclic amines) is 2. The number of hydrogen-bond donors (Lipinski definition) is 0. The predicted molar refractivity (Wildman–Crippen MR) is 116 cm³/mol. The van der Waals surface area contributed by atoms with Crippen LogP contribution >= 0.6 is 0 Å². The van der Waals surface area contributed by atoms with Crippen molar-refractivity contribution in [3.8, 4) is 0 Å². The molecule has 5 nitrogen and oxygen atoms in total. The number of nitrogens with zero attached hydrogens (tertiary/aromatic N) is 2. The molecule has 0 saturated carbocycles. The molecule has 2 aliphatic rings. The Bertz CT molecular complexity index is 832. The Hall–Kier alpha value is -2.66. The highest BCUT2D eigenvalue weighted by Crippen LogP contribution is 2.23. The Morgan fingerprint density at radius 3 is 2.13 bits per heavy atom. The lowest BCUT2D eigenvalue weighted by molar-refractivity contribution is -0.145. The lowest BCUT2D eigenvalue weighted by atomic mass is 10.1. The molecule has 0 aromatic heterocycles. The van der Waals surface area contributed by atoms with Crippen molar-refractivity contribution < 1.29 is 14.3 Å². The van der Waals surface area contributed by atoms with Gasteiger partial charge >= 0.3 is 0 Å². The molecule has 0 aliphatic carbocycles. The van der Waals surface area contributed by atoms with Crippen LogP contribution in [0.3, 0.4) is 0 Å². The lowest BCUT2D eigenvalue weighted by Crippen LogP contribution is -2.51. The van der Waals surface area contributed by atoms with E-state index in [2.05, 4.69) is 12.1 Å². The molecule has 2 heterocycles. The summed E-state index contributed by atoms with van der Waals surface area (Å²) in [7, 11) is 0. The highest BCUT2D eigenvalue weighted by atomic mass is 16.5. The van der Waals surface area contributed by atoms with Gasteiger partial charge in [-0.1, -0.05) is 60.7 Å². The maximum absolute atomic E-state index is 13.1. The van der Waals surface area contributed by atoms with Gasteiger partial charge in [-0.25, -0.2) is 0 Å². The van der Waals surface area contributed by atoms with E-state index in [1.54, 1.807) is 4.90 Å². The molecule has 0 N–H and O–H groups in total. The van der Waals surface area contributed by atoms with Gasteiger partial charge in [0.25, 0.3) is 0 Å². The summed E-state index contributed by atoms with van der Waals surface area (Å²) in [5.41, 5.74) is 2.17. The first kappa shape index (κ1) is 20.6. The topological polar surface area (TPSA) is 49.9 Å². The summed E-state index contributed by atoms with van der Waals surface area (Å²) >= 11 is 0. The second-order valence-electron chi connectivity index (χ2n) is 8.23. The second-order valence-corrected chi connectivity index (χ2v) is 8.23. The number of carbonyl (C=O) groups excluding carboxylic acids is 2. The maximum Gasteiger partial charge on any atom is 0.245 e. The van der Waals surface area contributed by atoms with E-state index >= 15 is 0 Å². The van der Waals surface area contributed by atoms with Gasteiger partial charge in [0.1, 0.15) is 6.04 Å². The van der Waals surface area contributed by atoms with Gasteiger partial charge in [0.15, 0.2) is 0 Å². The molecule has 0 bridgehead atoms. The van der Waals surface area contributed by atoms with E-state index in [1.807, 2.05) is 53.4 Å². The molecule has 1 atom stereocenters. The molecule has 2 aliphatic heterocycles. The highest BCUT2D eigenvalue weighted by Gasteiger charge is 2.37. The highest BCUT2D eigenvalue weighted by molar-refractivity contribution is 5.89. The van der Waals surface area contributed by atoms with E-state index in [1.165, 1.54) is 5.56 Å². The minimum Gasteiger partial charge on any atom is -0.373 e. The Morgan fingerprint density at radius 1 is 0.833 bits per heavy atom. The molecular weight excluding hydrogens is 376 g/mol. The Balaban J connectivity index is 1.27. The van der Waals surface area contributed by atoms with Gasteiger partial charge in [-0.2, -0.15) is 0 Å². The van der Waals surface area contributed by atoms with E-state index in [0.29, 0.717) is 32.7 Å². The van der Waals surface area contributed by atoms with Crippen molar-refractivity contribution in [3.63, 3.8) is 0 Å². The van der Waals surface area contributed by atoms with Crippen molar-refractivity contribution in [1.29, 1.82) is 0 Å². The third kappa shape index (κ3) is 5.08. The van der Waals surface area contributed by atoms with Crippen LogP contribution in [0.2, 0.25) is 0 Å². The quantitative estimate of drug-likeness (QED) is 0.739. The van der Waals surface area contributed by atoms with Crippen molar-refractivity contribution in [2.45, 2.75) is 50.9 Å². The molecule has 0 radical (unpaired) electrons. The fourth-order valence-electron chi connectivity index (χ4n) is 4.44. The van der Waals surface area contributed by atoms with Crippen LogP contribution in [-0.4, -0.2) is 53.4 Å². The summed E-state index contributed by atoms with van der Waals surface area (Å²) in [5, 5.41) is 0. The van der Waals surface area contributed by atoms with Crippen LogP contribution in [0, 0.1) is 0 Å². The summed E-state index contributed by atoms with van der Waals surface area (Å²) in [6, 6.07) is 19.6. The molecule has 1 unspecified atom stereocenters. The molecule has 2 saturated heterocycles. The largest absolute Gasteiger partial charge is 0.373 e. The Kier molecular flexibility index (Phi) is 6.80. The number of piperidine rings is 1. The zero-order valence-corrected chi connectivity index (χ0v) is 17.4. The van der Waals surface area contributed by atoms with E-state index in [4.69, 9.17) is 4.74 Å². The van der Waals surface area contributed by atoms with Crippen molar-refractivity contribution >= 4 is 11.8 Å². The van der Waals surface area contributed by atoms with Crippen LogP contribution in [-0.2, 0) is 27.4 Å². The standard InChI is InChI=1S/C25H30N2O3/c28-24(18-20-8-3-1-4-9-20)27-15-7-12-23(27)25(29)26-16-13-22(14-17-26)30-19-21-10-5-2-6-11-21/h1-6,8-11,22-23H,7,12-19H2. The molecule has 4 rings (SSSR count). The fourth-order valence-corrected chi connectivity index (χ4v) is 4.44. The number of rotatable bonds is 6. The summed E-state index contributed by atoms with van der Waals surface area (Å²) in [6.45, 7) is 2.70. The first-order valence-electron chi connectivity index (χ1n) is 11.0. The average molecular weight is 407 g/mol. The SMILES string of the molecule is O=C(C1CCCN1C(=O)Cc1ccccc1)N1CCC(OCc2ccccc2)CC1. The fraction of sp³-hybridized carbons (Fsp3) is 0.440. The third-order valence-corrected chi connectivity index (χ3v) is 6.14. The van der Waals surface area contributed by atoms with Gasteiger partial charge in [-0.05, 0) is 36.8 Å². The molecular formula is C25H30N2O3. The monoisotopic (exact) mass is 406 g/mol. The lowest BCUT2D eigenvalue weighted by Gasteiger charge is -2.35. The molecule has 5 heteroatoms. The normalized spacial score (nSPS) is 19.8. The van der Waals surface area contributed by atoms with Gasteiger partial charge in [0, 0.05) is 19.6 Å². The maximum atomic E-state index is 13.1. The number of benzene rings is 2. The minimum atomic E-state index is -0.303. The van der Waals surface area contributed by atoms with Crippen LogP contribution in [0.1, 0.15) is 36.8 Å². The number of hydrogen-bond acceptors (Lipinski definition) is 3. The van der Waals surface area contributed by atoms with Crippen LogP contribution < -0.4 is 0 Å². The molecule has 2 amide bonds. The van der Waals surface area contributed by atoms with E-state index < -0.39 is 0 Å². The second kappa shape index (κ2) is 9.90. The smallest absolute Gasteiger partial charge is 0.245 e. The van der Waals surface area contributed by atoms with E-state index in [-0.39, 0.29) is 24.0 Å². The van der Waals surface area contributed by atoms with Crippen molar-refractivity contribution in [1.82, 2.24) is 9.80 Å².